The Hall–Kier alpha value is -2.34. The molecule has 0 fully saturated rings. The summed E-state index contributed by atoms with van der Waals surface area (Å²) in [5.41, 5.74) is 0.784. The van der Waals surface area contributed by atoms with Crippen LogP contribution in [0.1, 0.15) is 31.7 Å². The molecule has 0 radical (unpaired) electrons. The smallest absolute Gasteiger partial charge is 0.276 e. The zero-order chi connectivity index (χ0) is 17.3. The van der Waals surface area contributed by atoms with Gasteiger partial charge in [0.25, 0.3) is 10.0 Å². The van der Waals surface area contributed by atoms with E-state index in [1.165, 1.54) is 18.3 Å². The van der Waals surface area contributed by atoms with Gasteiger partial charge >= 0.3 is 0 Å². The summed E-state index contributed by atoms with van der Waals surface area (Å²) >= 11 is 0. The van der Waals surface area contributed by atoms with Gasteiger partial charge in [0, 0.05) is 0 Å². The molecule has 1 N–H and O–H groups in total. The van der Waals surface area contributed by atoms with Crippen molar-refractivity contribution in [1.82, 2.24) is 4.83 Å². The second kappa shape index (κ2) is 9.08. The largest absolute Gasteiger partial charge is 0.494 e. The molecule has 0 saturated heterocycles. The van der Waals surface area contributed by atoms with Crippen LogP contribution in [0.25, 0.3) is 0 Å². The Bertz CT molecular complexity index is 742. The fourth-order valence-electron chi connectivity index (χ4n) is 2.01. The summed E-state index contributed by atoms with van der Waals surface area (Å²) in [6.45, 7) is 2.86. The molecular formula is C18H22N2O3S. The second-order valence-corrected chi connectivity index (χ2v) is 6.95. The number of nitrogens with zero attached hydrogens (tertiary/aromatic N) is 1. The molecule has 0 aliphatic heterocycles. The van der Waals surface area contributed by atoms with Crippen molar-refractivity contribution < 1.29 is 13.2 Å². The summed E-state index contributed by atoms with van der Waals surface area (Å²) < 4.78 is 29.6. The molecule has 0 aliphatic carbocycles. The number of nitrogens with one attached hydrogen (secondary N) is 1. The summed E-state index contributed by atoms with van der Waals surface area (Å²) in [5.74, 6) is 0.799. The highest BCUT2D eigenvalue weighted by molar-refractivity contribution is 7.89. The molecule has 2 aromatic rings. The molecule has 128 valence electrons. The Labute approximate surface area is 143 Å². The molecule has 5 nitrogen and oxygen atoms in total. The number of hydrogen-bond acceptors (Lipinski definition) is 4. The molecule has 0 atom stereocenters. The van der Waals surface area contributed by atoms with Crippen LogP contribution in [-0.4, -0.2) is 21.2 Å². The standard InChI is InChI=1S/C18H22N2O3S/c1-2-3-7-14-23-17-12-10-16(11-13-17)15-19-20-24(21,22)18-8-5-4-6-9-18/h4-6,8-13,15,20H,2-3,7,14H2,1H3/b19-15+. The van der Waals surface area contributed by atoms with Crippen LogP contribution in [0.5, 0.6) is 5.75 Å². The number of hydrazone groups is 1. The summed E-state index contributed by atoms with van der Waals surface area (Å²) in [6, 6.07) is 15.5. The van der Waals surface area contributed by atoms with Gasteiger partial charge in [0.05, 0.1) is 17.7 Å². The first-order valence-electron chi connectivity index (χ1n) is 7.94. The summed E-state index contributed by atoms with van der Waals surface area (Å²) in [6.07, 6.45) is 4.83. The molecule has 0 unspecified atom stereocenters. The Morgan fingerprint density at radius 2 is 1.75 bits per heavy atom. The minimum absolute atomic E-state index is 0.179. The van der Waals surface area contributed by atoms with E-state index in [1.807, 2.05) is 24.3 Å². The van der Waals surface area contributed by atoms with Gasteiger partial charge in [-0.1, -0.05) is 38.0 Å². The molecule has 0 aliphatic rings. The minimum atomic E-state index is -3.63. The SMILES string of the molecule is CCCCCOc1ccc(/C=N/NS(=O)(=O)c2ccccc2)cc1. The predicted octanol–water partition coefficient (Wildman–Crippen LogP) is 3.57. The van der Waals surface area contributed by atoms with Crippen LogP contribution in [0.2, 0.25) is 0 Å². The Kier molecular flexibility index (Phi) is 6.81. The quantitative estimate of drug-likeness (QED) is 0.429. The average molecular weight is 346 g/mol. The van der Waals surface area contributed by atoms with Gasteiger partial charge in [-0.3, -0.25) is 0 Å². The van der Waals surface area contributed by atoms with Crippen molar-refractivity contribution in [3.8, 4) is 5.75 Å². The van der Waals surface area contributed by atoms with E-state index in [0.29, 0.717) is 6.61 Å². The lowest BCUT2D eigenvalue weighted by Crippen LogP contribution is -2.18. The van der Waals surface area contributed by atoms with Gasteiger partial charge in [-0.15, -0.1) is 0 Å². The Morgan fingerprint density at radius 3 is 2.42 bits per heavy atom. The van der Waals surface area contributed by atoms with Gasteiger partial charge in [0.1, 0.15) is 5.75 Å². The van der Waals surface area contributed by atoms with Crippen molar-refractivity contribution in [3.63, 3.8) is 0 Å². The van der Waals surface area contributed by atoms with Gasteiger partial charge in [0.2, 0.25) is 0 Å². The number of hydrogen-bond donors (Lipinski definition) is 1. The van der Waals surface area contributed by atoms with Gasteiger partial charge in [-0.25, -0.2) is 4.83 Å². The zero-order valence-electron chi connectivity index (χ0n) is 13.7. The Morgan fingerprint density at radius 1 is 1.04 bits per heavy atom. The molecular weight excluding hydrogens is 324 g/mol. The van der Waals surface area contributed by atoms with E-state index in [0.717, 1.165) is 30.6 Å². The van der Waals surface area contributed by atoms with Crippen molar-refractivity contribution in [1.29, 1.82) is 0 Å². The molecule has 0 bridgehead atoms. The van der Waals surface area contributed by atoms with Gasteiger partial charge in [-0.05, 0) is 48.4 Å². The van der Waals surface area contributed by atoms with E-state index >= 15 is 0 Å². The van der Waals surface area contributed by atoms with Gasteiger partial charge in [-0.2, -0.15) is 13.5 Å². The third kappa shape index (κ3) is 5.70. The van der Waals surface area contributed by atoms with E-state index in [4.69, 9.17) is 4.74 Å². The van der Waals surface area contributed by atoms with Crippen LogP contribution in [0.4, 0.5) is 0 Å². The Balaban J connectivity index is 1.88. The number of ether oxygens (including phenoxy) is 1. The fourth-order valence-corrected chi connectivity index (χ4v) is 2.83. The summed E-state index contributed by atoms with van der Waals surface area (Å²) in [4.78, 5) is 2.38. The number of benzene rings is 2. The van der Waals surface area contributed by atoms with Crippen molar-refractivity contribution in [2.24, 2.45) is 5.10 Å². The normalized spacial score (nSPS) is 11.5. The molecule has 0 spiro atoms. The van der Waals surface area contributed by atoms with E-state index in [-0.39, 0.29) is 4.90 Å². The van der Waals surface area contributed by atoms with Crippen molar-refractivity contribution >= 4 is 16.2 Å². The summed E-state index contributed by atoms with van der Waals surface area (Å²) in [5, 5.41) is 3.80. The maximum Gasteiger partial charge on any atom is 0.276 e. The topological polar surface area (TPSA) is 67.8 Å². The van der Waals surface area contributed by atoms with Gasteiger partial charge in [0.15, 0.2) is 0 Å². The van der Waals surface area contributed by atoms with Crippen LogP contribution < -0.4 is 9.57 Å². The van der Waals surface area contributed by atoms with Crippen LogP contribution in [0.15, 0.2) is 64.6 Å². The first kappa shape index (κ1) is 18.0. The lowest BCUT2D eigenvalue weighted by molar-refractivity contribution is 0.306. The third-order valence-electron chi connectivity index (χ3n) is 3.34. The van der Waals surface area contributed by atoms with Crippen LogP contribution in [0.3, 0.4) is 0 Å². The highest BCUT2D eigenvalue weighted by Crippen LogP contribution is 2.12. The van der Waals surface area contributed by atoms with Crippen molar-refractivity contribution in [3.05, 3.63) is 60.2 Å². The monoisotopic (exact) mass is 346 g/mol. The van der Waals surface area contributed by atoms with Crippen molar-refractivity contribution in [2.75, 3.05) is 6.61 Å². The molecule has 6 heteroatoms. The molecule has 0 aromatic heterocycles. The van der Waals surface area contributed by atoms with Crippen molar-refractivity contribution in [2.45, 2.75) is 31.1 Å². The zero-order valence-corrected chi connectivity index (χ0v) is 14.5. The number of unbranched alkanes of at least 4 members (excludes halogenated alkanes) is 2. The lowest BCUT2D eigenvalue weighted by atomic mass is 10.2. The van der Waals surface area contributed by atoms with E-state index < -0.39 is 10.0 Å². The number of sulfonamides is 1. The first-order valence-corrected chi connectivity index (χ1v) is 9.43. The average Bonchev–Trinajstić information content (AvgIpc) is 2.61. The van der Waals surface area contributed by atoms with E-state index in [9.17, 15) is 8.42 Å². The van der Waals surface area contributed by atoms with Crippen LogP contribution in [0, 0.1) is 0 Å². The molecule has 0 heterocycles. The van der Waals surface area contributed by atoms with E-state index in [2.05, 4.69) is 16.9 Å². The highest BCUT2D eigenvalue weighted by atomic mass is 32.2. The molecule has 0 amide bonds. The lowest BCUT2D eigenvalue weighted by Gasteiger charge is -2.05. The molecule has 0 saturated carbocycles. The maximum absolute atomic E-state index is 12.0. The predicted molar refractivity (Wildman–Crippen MR) is 95.8 cm³/mol. The van der Waals surface area contributed by atoms with E-state index in [1.54, 1.807) is 18.2 Å². The van der Waals surface area contributed by atoms with Crippen LogP contribution >= 0.6 is 0 Å². The molecule has 2 rings (SSSR count). The fraction of sp³-hybridized carbons (Fsp3) is 0.278. The third-order valence-corrected chi connectivity index (χ3v) is 4.58. The molecule has 24 heavy (non-hydrogen) atoms. The molecule has 2 aromatic carbocycles. The second-order valence-electron chi connectivity index (χ2n) is 5.29. The minimum Gasteiger partial charge on any atom is -0.494 e. The van der Waals surface area contributed by atoms with Gasteiger partial charge < -0.3 is 4.74 Å². The highest BCUT2D eigenvalue weighted by Gasteiger charge is 2.10. The maximum atomic E-state index is 12.0. The first-order chi connectivity index (χ1) is 11.6. The van der Waals surface area contributed by atoms with Crippen LogP contribution in [-0.2, 0) is 10.0 Å². The number of rotatable bonds is 9. The summed E-state index contributed by atoms with van der Waals surface area (Å²) in [7, 11) is -3.63.